The second-order valence-electron chi connectivity index (χ2n) is 7.92. The number of aliphatic carboxylic acids is 1. The van der Waals surface area contributed by atoms with Crippen molar-refractivity contribution in [2.45, 2.75) is 25.5 Å². The molecule has 1 atom stereocenters. The smallest absolute Gasteiger partial charge is 0.306 e. The van der Waals surface area contributed by atoms with Crippen LogP contribution in [0.3, 0.4) is 0 Å². The Kier molecular flexibility index (Phi) is 7.05. The normalized spacial score (nSPS) is 16.0. The van der Waals surface area contributed by atoms with Crippen LogP contribution in [0.2, 0.25) is 0 Å². The highest BCUT2D eigenvalue weighted by Gasteiger charge is 2.30. The van der Waals surface area contributed by atoms with Crippen LogP contribution in [0.4, 0.5) is 0 Å². The Morgan fingerprint density at radius 3 is 2.26 bits per heavy atom. The number of piperidine rings is 1. The van der Waals surface area contributed by atoms with Crippen molar-refractivity contribution in [3.05, 3.63) is 100 Å². The highest BCUT2D eigenvalue weighted by atomic mass is 79.9. The minimum Gasteiger partial charge on any atom is -0.489 e. The number of carboxylic acid groups (broad SMARTS) is 1. The molecule has 1 N–H and O–H groups in total. The van der Waals surface area contributed by atoms with Gasteiger partial charge >= 0.3 is 5.97 Å². The van der Waals surface area contributed by atoms with Crippen LogP contribution in [0.1, 0.15) is 35.6 Å². The van der Waals surface area contributed by atoms with Crippen LogP contribution >= 0.6 is 15.9 Å². The third kappa shape index (κ3) is 5.35. The topological polar surface area (TPSA) is 49.8 Å². The lowest BCUT2D eigenvalue weighted by molar-refractivity contribution is -0.143. The van der Waals surface area contributed by atoms with Crippen molar-refractivity contribution >= 4 is 21.9 Å². The molecular formula is C26H26BrNO3. The molecule has 1 fully saturated rings. The molecule has 31 heavy (non-hydrogen) atoms. The van der Waals surface area contributed by atoms with Gasteiger partial charge in [-0.2, -0.15) is 0 Å². The van der Waals surface area contributed by atoms with Gasteiger partial charge in [-0.05, 0) is 60.8 Å². The third-order valence-electron chi connectivity index (χ3n) is 5.89. The Balaban J connectivity index is 1.54. The first-order valence-electron chi connectivity index (χ1n) is 10.6. The standard InChI is InChI=1S/C26H26BrNO3/c27-24-9-5-4-8-23(24)25(28-16-14-21(15-17-28)26(29)30)20-10-12-22(13-11-20)31-18-19-6-2-1-3-7-19/h1-13,21,25H,14-18H2,(H,29,30). The molecular weight excluding hydrogens is 454 g/mol. The fourth-order valence-corrected chi connectivity index (χ4v) is 4.68. The van der Waals surface area contributed by atoms with Crippen molar-refractivity contribution in [3.63, 3.8) is 0 Å². The Bertz CT molecular complexity index is 999. The zero-order valence-electron chi connectivity index (χ0n) is 17.3. The number of hydrogen-bond donors (Lipinski definition) is 1. The lowest BCUT2D eigenvalue weighted by atomic mass is 9.91. The molecule has 0 amide bonds. The molecule has 1 unspecified atom stereocenters. The number of carboxylic acids is 1. The highest BCUT2D eigenvalue weighted by Crippen LogP contribution is 2.36. The Morgan fingerprint density at radius 2 is 1.61 bits per heavy atom. The number of hydrogen-bond acceptors (Lipinski definition) is 3. The number of rotatable bonds is 7. The van der Waals surface area contributed by atoms with E-state index < -0.39 is 5.97 Å². The first-order valence-corrected chi connectivity index (χ1v) is 11.4. The second-order valence-corrected chi connectivity index (χ2v) is 8.77. The second kappa shape index (κ2) is 10.1. The average Bonchev–Trinajstić information content (AvgIpc) is 2.81. The van der Waals surface area contributed by atoms with Crippen molar-refractivity contribution in [1.29, 1.82) is 0 Å². The van der Waals surface area contributed by atoms with E-state index in [0.29, 0.717) is 19.4 Å². The monoisotopic (exact) mass is 479 g/mol. The molecule has 0 spiro atoms. The molecule has 1 aliphatic rings. The molecule has 0 radical (unpaired) electrons. The first kappa shape index (κ1) is 21.6. The zero-order valence-corrected chi connectivity index (χ0v) is 18.9. The van der Waals surface area contributed by atoms with E-state index in [2.05, 4.69) is 63.3 Å². The van der Waals surface area contributed by atoms with Gasteiger partial charge in [0.2, 0.25) is 0 Å². The molecule has 1 aliphatic heterocycles. The van der Waals surface area contributed by atoms with Gasteiger partial charge in [0.25, 0.3) is 0 Å². The Labute approximate surface area is 191 Å². The van der Waals surface area contributed by atoms with Gasteiger partial charge in [-0.25, -0.2) is 0 Å². The van der Waals surface area contributed by atoms with E-state index in [-0.39, 0.29) is 12.0 Å². The summed E-state index contributed by atoms with van der Waals surface area (Å²) in [5.74, 6) is -0.0926. The molecule has 0 bridgehead atoms. The van der Waals surface area contributed by atoms with Gasteiger partial charge < -0.3 is 9.84 Å². The van der Waals surface area contributed by atoms with Crippen LogP contribution in [-0.4, -0.2) is 29.1 Å². The molecule has 160 valence electrons. The molecule has 0 saturated carbocycles. The van der Waals surface area contributed by atoms with Crippen LogP contribution < -0.4 is 4.74 Å². The summed E-state index contributed by atoms with van der Waals surface area (Å²) in [5, 5.41) is 9.36. The lowest BCUT2D eigenvalue weighted by Gasteiger charge is -2.37. The number of carbonyl (C=O) groups is 1. The van der Waals surface area contributed by atoms with Gasteiger partial charge in [-0.1, -0.05) is 76.6 Å². The summed E-state index contributed by atoms with van der Waals surface area (Å²) in [6.07, 6.45) is 1.35. The van der Waals surface area contributed by atoms with E-state index >= 15 is 0 Å². The van der Waals surface area contributed by atoms with E-state index in [9.17, 15) is 9.90 Å². The summed E-state index contributed by atoms with van der Waals surface area (Å²) in [6, 6.07) is 26.7. The van der Waals surface area contributed by atoms with Crippen molar-refractivity contribution in [3.8, 4) is 5.75 Å². The van der Waals surface area contributed by atoms with E-state index in [1.807, 2.05) is 36.4 Å². The van der Waals surface area contributed by atoms with Crippen LogP contribution in [0.25, 0.3) is 0 Å². The summed E-state index contributed by atoms with van der Waals surface area (Å²) in [4.78, 5) is 13.8. The van der Waals surface area contributed by atoms with Gasteiger partial charge in [-0.15, -0.1) is 0 Å². The van der Waals surface area contributed by atoms with Crippen molar-refractivity contribution in [1.82, 2.24) is 4.90 Å². The zero-order chi connectivity index (χ0) is 21.6. The number of likely N-dealkylation sites (tertiary alicyclic amines) is 1. The van der Waals surface area contributed by atoms with E-state index in [4.69, 9.17) is 4.74 Å². The Hall–Kier alpha value is -2.63. The molecule has 4 rings (SSSR count). The van der Waals surface area contributed by atoms with Crippen LogP contribution in [0, 0.1) is 5.92 Å². The summed E-state index contributed by atoms with van der Waals surface area (Å²) >= 11 is 3.72. The maximum Gasteiger partial charge on any atom is 0.306 e. The fraction of sp³-hybridized carbons (Fsp3) is 0.269. The molecule has 3 aromatic carbocycles. The SMILES string of the molecule is O=C(O)C1CCN(C(c2ccc(OCc3ccccc3)cc2)c2ccccc2Br)CC1. The van der Waals surface area contributed by atoms with E-state index in [0.717, 1.165) is 28.9 Å². The molecule has 3 aromatic rings. The van der Waals surface area contributed by atoms with Crippen molar-refractivity contribution < 1.29 is 14.6 Å². The summed E-state index contributed by atoms with van der Waals surface area (Å²) < 4.78 is 7.01. The number of nitrogens with zero attached hydrogens (tertiary/aromatic N) is 1. The summed E-state index contributed by atoms with van der Waals surface area (Å²) in [6.45, 7) is 2.06. The number of benzene rings is 3. The first-order chi connectivity index (χ1) is 15.1. The van der Waals surface area contributed by atoms with Crippen molar-refractivity contribution in [2.75, 3.05) is 13.1 Å². The van der Waals surface area contributed by atoms with Crippen LogP contribution in [0.5, 0.6) is 5.75 Å². The van der Waals surface area contributed by atoms with Gasteiger partial charge in [-0.3, -0.25) is 9.69 Å². The number of halogens is 1. The van der Waals surface area contributed by atoms with Crippen LogP contribution in [0.15, 0.2) is 83.3 Å². The predicted molar refractivity (Wildman–Crippen MR) is 125 cm³/mol. The fourth-order valence-electron chi connectivity index (χ4n) is 4.18. The lowest BCUT2D eigenvalue weighted by Crippen LogP contribution is -2.39. The van der Waals surface area contributed by atoms with Crippen LogP contribution in [-0.2, 0) is 11.4 Å². The van der Waals surface area contributed by atoms with Gasteiger partial charge in [0.15, 0.2) is 0 Å². The third-order valence-corrected chi connectivity index (χ3v) is 6.61. The molecule has 1 heterocycles. The molecule has 1 saturated heterocycles. The highest BCUT2D eigenvalue weighted by molar-refractivity contribution is 9.10. The summed E-state index contributed by atoms with van der Waals surface area (Å²) in [7, 11) is 0. The number of ether oxygens (including phenoxy) is 1. The van der Waals surface area contributed by atoms with E-state index in [1.54, 1.807) is 0 Å². The maximum atomic E-state index is 11.4. The predicted octanol–water partition coefficient (Wildman–Crippen LogP) is 5.91. The van der Waals surface area contributed by atoms with Gasteiger partial charge in [0, 0.05) is 4.47 Å². The minimum atomic E-state index is -0.683. The maximum absolute atomic E-state index is 11.4. The van der Waals surface area contributed by atoms with Crippen molar-refractivity contribution in [2.24, 2.45) is 5.92 Å². The largest absolute Gasteiger partial charge is 0.489 e. The van der Waals surface area contributed by atoms with E-state index in [1.165, 1.54) is 11.1 Å². The molecule has 5 heteroatoms. The van der Waals surface area contributed by atoms with Gasteiger partial charge in [0.05, 0.1) is 12.0 Å². The average molecular weight is 480 g/mol. The minimum absolute atomic E-state index is 0.0634. The summed E-state index contributed by atoms with van der Waals surface area (Å²) in [5.41, 5.74) is 3.50. The molecule has 4 nitrogen and oxygen atoms in total. The quantitative estimate of drug-likeness (QED) is 0.457. The molecule has 0 aliphatic carbocycles. The molecule has 0 aromatic heterocycles. The Morgan fingerprint density at radius 1 is 0.968 bits per heavy atom. The van der Waals surface area contributed by atoms with Gasteiger partial charge in [0.1, 0.15) is 12.4 Å².